The molecule has 0 saturated heterocycles. The summed E-state index contributed by atoms with van der Waals surface area (Å²) in [6.07, 6.45) is 13.1. The third-order valence-electron chi connectivity index (χ3n) is 4.07. The van der Waals surface area contributed by atoms with Gasteiger partial charge in [-0.25, -0.2) is 0 Å². The SMILES string of the molecule is CCCCC1(CNC2CC2)CCCC1. The van der Waals surface area contributed by atoms with Gasteiger partial charge in [-0.05, 0) is 37.5 Å². The molecule has 0 bridgehead atoms. The molecule has 0 spiro atoms. The van der Waals surface area contributed by atoms with E-state index in [0.717, 1.165) is 6.04 Å². The van der Waals surface area contributed by atoms with Crippen molar-refractivity contribution in [1.82, 2.24) is 5.32 Å². The summed E-state index contributed by atoms with van der Waals surface area (Å²) in [6, 6.07) is 0.897. The lowest BCUT2D eigenvalue weighted by atomic mass is 9.81. The van der Waals surface area contributed by atoms with Crippen LogP contribution < -0.4 is 5.32 Å². The third-order valence-corrected chi connectivity index (χ3v) is 4.07. The van der Waals surface area contributed by atoms with E-state index < -0.39 is 0 Å². The molecule has 14 heavy (non-hydrogen) atoms. The monoisotopic (exact) mass is 195 g/mol. The lowest BCUT2D eigenvalue weighted by Crippen LogP contribution is -2.33. The van der Waals surface area contributed by atoms with Crippen LogP contribution in [0.25, 0.3) is 0 Å². The Labute approximate surface area is 88.7 Å². The van der Waals surface area contributed by atoms with Gasteiger partial charge in [-0.1, -0.05) is 32.6 Å². The number of rotatable bonds is 6. The molecular formula is C13H25N. The van der Waals surface area contributed by atoms with E-state index in [0.29, 0.717) is 5.41 Å². The fraction of sp³-hybridized carbons (Fsp3) is 1.00. The van der Waals surface area contributed by atoms with Crippen LogP contribution >= 0.6 is 0 Å². The molecule has 1 N–H and O–H groups in total. The fourth-order valence-electron chi connectivity index (χ4n) is 2.84. The first-order valence-corrected chi connectivity index (χ1v) is 6.58. The molecule has 2 saturated carbocycles. The number of hydrogen-bond donors (Lipinski definition) is 1. The minimum atomic E-state index is 0.707. The van der Waals surface area contributed by atoms with Crippen molar-refractivity contribution in [3.8, 4) is 0 Å². The molecule has 2 aliphatic carbocycles. The Morgan fingerprint density at radius 2 is 1.93 bits per heavy atom. The maximum atomic E-state index is 3.75. The number of unbranched alkanes of at least 4 members (excludes halogenated alkanes) is 1. The van der Waals surface area contributed by atoms with Gasteiger partial charge in [-0.3, -0.25) is 0 Å². The molecule has 0 aromatic carbocycles. The highest BCUT2D eigenvalue weighted by atomic mass is 15.0. The maximum Gasteiger partial charge on any atom is 0.00684 e. The summed E-state index contributed by atoms with van der Waals surface area (Å²) in [4.78, 5) is 0. The van der Waals surface area contributed by atoms with Crippen LogP contribution in [0.15, 0.2) is 0 Å². The van der Waals surface area contributed by atoms with Gasteiger partial charge in [0.2, 0.25) is 0 Å². The second-order valence-corrected chi connectivity index (χ2v) is 5.47. The van der Waals surface area contributed by atoms with Crippen molar-refractivity contribution < 1.29 is 0 Å². The Kier molecular flexibility index (Phi) is 3.48. The van der Waals surface area contributed by atoms with Crippen molar-refractivity contribution in [1.29, 1.82) is 0 Å². The molecule has 2 aliphatic rings. The van der Waals surface area contributed by atoms with Gasteiger partial charge in [-0.2, -0.15) is 0 Å². The van der Waals surface area contributed by atoms with Gasteiger partial charge in [0.05, 0.1) is 0 Å². The molecule has 0 unspecified atom stereocenters. The van der Waals surface area contributed by atoms with Gasteiger partial charge in [0.1, 0.15) is 0 Å². The van der Waals surface area contributed by atoms with Crippen molar-refractivity contribution in [2.75, 3.05) is 6.54 Å². The molecule has 2 rings (SSSR count). The first-order valence-electron chi connectivity index (χ1n) is 6.58. The summed E-state index contributed by atoms with van der Waals surface area (Å²) >= 11 is 0. The summed E-state index contributed by atoms with van der Waals surface area (Å²) in [5, 5.41) is 3.75. The topological polar surface area (TPSA) is 12.0 Å². The van der Waals surface area contributed by atoms with Crippen LogP contribution in [-0.4, -0.2) is 12.6 Å². The number of hydrogen-bond acceptors (Lipinski definition) is 1. The first-order chi connectivity index (χ1) is 6.85. The second-order valence-electron chi connectivity index (χ2n) is 5.47. The highest BCUT2D eigenvalue weighted by Gasteiger charge is 2.34. The second kappa shape index (κ2) is 4.65. The first kappa shape index (κ1) is 10.5. The Balaban J connectivity index is 1.77. The fourth-order valence-corrected chi connectivity index (χ4v) is 2.84. The van der Waals surface area contributed by atoms with E-state index in [1.807, 2.05) is 0 Å². The Bertz CT molecular complexity index is 166. The van der Waals surface area contributed by atoms with Crippen molar-refractivity contribution >= 4 is 0 Å². The molecule has 1 nitrogen and oxygen atoms in total. The summed E-state index contributed by atoms with van der Waals surface area (Å²) in [5.74, 6) is 0. The van der Waals surface area contributed by atoms with Crippen LogP contribution in [0.2, 0.25) is 0 Å². The third kappa shape index (κ3) is 2.73. The molecular weight excluding hydrogens is 170 g/mol. The quantitative estimate of drug-likeness (QED) is 0.684. The average molecular weight is 195 g/mol. The van der Waals surface area contributed by atoms with Gasteiger partial charge >= 0.3 is 0 Å². The summed E-state index contributed by atoms with van der Waals surface area (Å²) in [5.41, 5.74) is 0.707. The zero-order valence-corrected chi connectivity index (χ0v) is 9.65. The minimum absolute atomic E-state index is 0.707. The van der Waals surface area contributed by atoms with Crippen LogP contribution in [0.5, 0.6) is 0 Å². The largest absolute Gasteiger partial charge is 0.313 e. The molecule has 0 amide bonds. The van der Waals surface area contributed by atoms with Gasteiger partial charge in [0.25, 0.3) is 0 Å². The lowest BCUT2D eigenvalue weighted by Gasteiger charge is -2.29. The van der Waals surface area contributed by atoms with Gasteiger partial charge in [0.15, 0.2) is 0 Å². The van der Waals surface area contributed by atoms with E-state index in [1.54, 1.807) is 0 Å². The molecule has 0 aromatic heterocycles. The highest BCUT2D eigenvalue weighted by Crippen LogP contribution is 2.42. The molecule has 0 heterocycles. The van der Waals surface area contributed by atoms with Crippen molar-refractivity contribution in [3.05, 3.63) is 0 Å². The molecule has 1 heteroatoms. The number of nitrogens with one attached hydrogen (secondary N) is 1. The summed E-state index contributed by atoms with van der Waals surface area (Å²) in [6.45, 7) is 3.63. The van der Waals surface area contributed by atoms with Crippen LogP contribution in [0.1, 0.15) is 64.7 Å². The predicted octanol–water partition coefficient (Wildman–Crippen LogP) is 3.49. The lowest BCUT2D eigenvalue weighted by molar-refractivity contribution is 0.249. The van der Waals surface area contributed by atoms with Crippen molar-refractivity contribution in [3.63, 3.8) is 0 Å². The van der Waals surface area contributed by atoms with Crippen LogP contribution in [0.4, 0.5) is 0 Å². The predicted molar refractivity (Wildman–Crippen MR) is 61.5 cm³/mol. The molecule has 0 radical (unpaired) electrons. The van der Waals surface area contributed by atoms with E-state index in [1.165, 1.54) is 64.3 Å². The van der Waals surface area contributed by atoms with E-state index in [4.69, 9.17) is 0 Å². The Hall–Kier alpha value is -0.0400. The van der Waals surface area contributed by atoms with Gasteiger partial charge in [-0.15, -0.1) is 0 Å². The van der Waals surface area contributed by atoms with Crippen LogP contribution in [0, 0.1) is 5.41 Å². The standard InChI is InChI=1S/C13H25N/c1-2-3-8-13(9-4-5-10-13)11-14-12-6-7-12/h12,14H,2-11H2,1H3. The Morgan fingerprint density at radius 3 is 2.50 bits per heavy atom. The molecule has 0 aromatic rings. The van der Waals surface area contributed by atoms with E-state index in [2.05, 4.69) is 12.2 Å². The molecule has 0 aliphatic heterocycles. The molecule has 2 fully saturated rings. The molecule has 0 atom stereocenters. The minimum Gasteiger partial charge on any atom is -0.313 e. The highest BCUT2D eigenvalue weighted by molar-refractivity contribution is 4.90. The zero-order chi connectivity index (χ0) is 9.86. The van der Waals surface area contributed by atoms with Gasteiger partial charge in [0, 0.05) is 12.6 Å². The van der Waals surface area contributed by atoms with E-state index >= 15 is 0 Å². The smallest absolute Gasteiger partial charge is 0.00684 e. The maximum absolute atomic E-state index is 3.75. The zero-order valence-electron chi connectivity index (χ0n) is 9.65. The van der Waals surface area contributed by atoms with Crippen molar-refractivity contribution in [2.24, 2.45) is 5.41 Å². The van der Waals surface area contributed by atoms with E-state index in [9.17, 15) is 0 Å². The summed E-state index contributed by atoms with van der Waals surface area (Å²) in [7, 11) is 0. The van der Waals surface area contributed by atoms with Crippen LogP contribution in [-0.2, 0) is 0 Å². The van der Waals surface area contributed by atoms with Gasteiger partial charge < -0.3 is 5.32 Å². The molecule has 82 valence electrons. The van der Waals surface area contributed by atoms with Crippen LogP contribution in [0.3, 0.4) is 0 Å². The Morgan fingerprint density at radius 1 is 1.21 bits per heavy atom. The van der Waals surface area contributed by atoms with E-state index in [-0.39, 0.29) is 0 Å². The normalized spacial score (nSPS) is 25.5. The van der Waals surface area contributed by atoms with Crippen molar-refractivity contribution in [2.45, 2.75) is 70.8 Å². The summed E-state index contributed by atoms with van der Waals surface area (Å²) < 4.78 is 0. The average Bonchev–Trinajstić information content (AvgIpc) is 2.93.